The van der Waals surface area contributed by atoms with Crippen molar-refractivity contribution in [2.24, 2.45) is 11.7 Å². The van der Waals surface area contributed by atoms with Gasteiger partial charge in [-0.15, -0.1) is 0 Å². The van der Waals surface area contributed by atoms with Crippen LogP contribution in [0.2, 0.25) is 0 Å². The van der Waals surface area contributed by atoms with Crippen LogP contribution in [-0.2, 0) is 24.0 Å². The Bertz CT molecular complexity index is 564. The Kier molecular flexibility index (Phi) is 10.7. The van der Waals surface area contributed by atoms with E-state index in [1.807, 2.05) is 13.8 Å². The molecule has 0 radical (unpaired) electrons. The number of carbonyl (C=O) groups is 5. The van der Waals surface area contributed by atoms with E-state index in [2.05, 4.69) is 10.6 Å². The van der Waals surface area contributed by atoms with Gasteiger partial charge in [-0.25, -0.2) is 9.59 Å². The molecule has 0 aliphatic carbocycles. The first kappa shape index (κ1) is 24.3. The van der Waals surface area contributed by atoms with Gasteiger partial charge in [-0.3, -0.25) is 14.4 Å². The molecular formula is C16H27N3O8. The van der Waals surface area contributed by atoms with Crippen molar-refractivity contribution < 1.29 is 39.3 Å². The van der Waals surface area contributed by atoms with Crippen LogP contribution in [-0.4, -0.2) is 63.2 Å². The molecule has 1 aliphatic heterocycles. The van der Waals surface area contributed by atoms with E-state index in [1.165, 1.54) is 0 Å². The molecule has 1 rings (SSSR count). The molecule has 0 aromatic heterocycles. The largest absolute Gasteiger partial charge is 0.480 e. The molecule has 2 amide bonds. The highest BCUT2D eigenvalue weighted by Gasteiger charge is 2.26. The summed E-state index contributed by atoms with van der Waals surface area (Å²) < 4.78 is 0. The number of nitrogens with one attached hydrogen (secondary N) is 2. The van der Waals surface area contributed by atoms with Crippen LogP contribution in [0.15, 0.2) is 0 Å². The van der Waals surface area contributed by atoms with E-state index in [1.54, 1.807) is 0 Å². The van der Waals surface area contributed by atoms with Crippen molar-refractivity contribution in [1.29, 1.82) is 0 Å². The number of carbonyl (C=O) groups excluding carboxylic acids is 2. The van der Waals surface area contributed by atoms with E-state index in [0.29, 0.717) is 19.3 Å². The third-order valence-corrected chi connectivity index (χ3v) is 3.63. The topological polar surface area (TPSA) is 196 Å². The molecule has 0 unspecified atom stereocenters. The summed E-state index contributed by atoms with van der Waals surface area (Å²) in [5, 5.41) is 30.4. The molecule has 27 heavy (non-hydrogen) atoms. The molecule has 0 saturated carbocycles. The Labute approximate surface area is 156 Å². The fourth-order valence-corrected chi connectivity index (χ4v) is 2.17. The van der Waals surface area contributed by atoms with Crippen LogP contribution in [0.3, 0.4) is 0 Å². The first-order valence-corrected chi connectivity index (χ1v) is 8.46. The van der Waals surface area contributed by atoms with Crippen molar-refractivity contribution in [3.05, 3.63) is 0 Å². The van der Waals surface area contributed by atoms with Crippen molar-refractivity contribution >= 4 is 29.7 Å². The Morgan fingerprint density at radius 3 is 2.11 bits per heavy atom. The second kappa shape index (κ2) is 11.8. The van der Waals surface area contributed by atoms with E-state index < -0.39 is 41.9 Å². The van der Waals surface area contributed by atoms with Crippen molar-refractivity contribution in [1.82, 2.24) is 10.6 Å². The van der Waals surface area contributed by atoms with Gasteiger partial charge in [0.25, 0.3) is 0 Å². The standard InChI is InChI=1S/C11H20N2O5.C5H7NO3/c1-6(2)5-8(11(17)18)13-9(14)4-3-7(12)10(15)16;7-4-2-1-3(6-4)5(8)9/h6-8H,3-5,12H2,1-2H3,(H,13,14)(H,15,16)(H,17,18);3H,1-2H2,(H,6,7)(H,8,9)/t7-,8-;3-/m00/s1. The molecular weight excluding hydrogens is 362 g/mol. The number of aliphatic carboxylic acids is 3. The number of hydrogen-bond acceptors (Lipinski definition) is 6. The number of carboxylic acids is 3. The maximum Gasteiger partial charge on any atom is 0.326 e. The molecule has 0 aromatic carbocycles. The molecule has 1 saturated heterocycles. The fourth-order valence-electron chi connectivity index (χ4n) is 2.17. The predicted molar refractivity (Wildman–Crippen MR) is 92.7 cm³/mol. The Morgan fingerprint density at radius 1 is 1.19 bits per heavy atom. The smallest absolute Gasteiger partial charge is 0.326 e. The molecule has 11 heteroatoms. The maximum atomic E-state index is 11.4. The zero-order valence-electron chi connectivity index (χ0n) is 15.3. The van der Waals surface area contributed by atoms with Gasteiger partial charge in [0, 0.05) is 12.8 Å². The molecule has 0 aromatic rings. The highest BCUT2D eigenvalue weighted by Crippen LogP contribution is 2.06. The summed E-state index contributed by atoms with van der Waals surface area (Å²) in [5.74, 6) is -3.75. The summed E-state index contributed by atoms with van der Waals surface area (Å²) in [6, 6.07) is -2.69. The minimum atomic E-state index is -1.18. The van der Waals surface area contributed by atoms with Crippen LogP contribution >= 0.6 is 0 Å². The molecule has 7 N–H and O–H groups in total. The molecule has 154 valence electrons. The number of nitrogens with two attached hydrogens (primary N) is 1. The lowest BCUT2D eigenvalue weighted by Gasteiger charge is -2.16. The number of amides is 2. The van der Waals surface area contributed by atoms with E-state index >= 15 is 0 Å². The summed E-state index contributed by atoms with van der Waals surface area (Å²) in [5.41, 5.74) is 5.24. The van der Waals surface area contributed by atoms with Crippen LogP contribution < -0.4 is 16.4 Å². The predicted octanol–water partition coefficient (Wildman–Crippen LogP) is -0.856. The van der Waals surface area contributed by atoms with Gasteiger partial charge in [-0.1, -0.05) is 13.8 Å². The molecule has 3 atom stereocenters. The molecule has 11 nitrogen and oxygen atoms in total. The third-order valence-electron chi connectivity index (χ3n) is 3.63. The first-order chi connectivity index (χ1) is 12.4. The van der Waals surface area contributed by atoms with Gasteiger partial charge in [-0.05, 0) is 25.2 Å². The molecule has 1 fully saturated rings. The fraction of sp³-hybridized carbons (Fsp3) is 0.688. The van der Waals surface area contributed by atoms with E-state index in [4.69, 9.17) is 21.1 Å². The Balaban J connectivity index is 0.000000621. The zero-order chi connectivity index (χ0) is 21.1. The van der Waals surface area contributed by atoms with E-state index in [-0.39, 0.29) is 24.7 Å². The lowest BCUT2D eigenvalue weighted by Crippen LogP contribution is -2.42. The average molecular weight is 389 g/mol. The second-order valence-corrected chi connectivity index (χ2v) is 6.57. The summed E-state index contributed by atoms with van der Waals surface area (Å²) in [6.07, 6.45) is 0.974. The SMILES string of the molecule is CC(C)C[C@H](NC(=O)CC[C@H](N)C(=O)O)C(=O)O.O=C1CC[C@@H](C(=O)O)N1. The van der Waals surface area contributed by atoms with Gasteiger partial charge in [0.15, 0.2) is 0 Å². The van der Waals surface area contributed by atoms with Gasteiger partial charge in [-0.2, -0.15) is 0 Å². The summed E-state index contributed by atoms with van der Waals surface area (Å²) in [6.45, 7) is 3.70. The van der Waals surface area contributed by atoms with Crippen molar-refractivity contribution in [2.75, 3.05) is 0 Å². The van der Waals surface area contributed by atoms with Gasteiger partial charge < -0.3 is 31.7 Å². The lowest BCUT2D eigenvalue weighted by atomic mass is 10.0. The first-order valence-electron chi connectivity index (χ1n) is 8.46. The summed E-state index contributed by atoms with van der Waals surface area (Å²) in [4.78, 5) is 53.3. The third kappa shape index (κ3) is 10.8. The molecule has 0 bridgehead atoms. The van der Waals surface area contributed by atoms with Gasteiger partial charge in [0.1, 0.15) is 18.1 Å². The minimum absolute atomic E-state index is 0.0187. The highest BCUT2D eigenvalue weighted by molar-refractivity contribution is 5.87. The van der Waals surface area contributed by atoms with Gasteiger partial charge >= 0.3 is 17.9 Å². The van der Waals surface area contributed by atoms with E-state index in [0.717, 1.165) is 0 Å². The van der Waals surface area contributed by atoms with Crippen LogP contribution in [0.4, 0.5) is 0 Å². The summed E-state index contributed by atoms with van der Waals surface area (Å²) >= 11 is 0. The minimum Gasteiger partial charge on any atom is -0.480 e. The van der Waals surface area contributed by atoms with Crippen LogP contribution in [0.5, 0.6) is 0 Å². The lowest BCUT2D eigenvalue weighted by molar-refractivity contribution is -0.142. The monoisotopic (exact) mass is 389 g/mol. The van der Waals surface area contributed by atoms with Crippen molar-refractivity contribution in [3.63, 3.8) is 0 Å². The summed E-state index contributed by atoms with van der Waals surface area (Å²) in [7, 11) is 0. The maximum absolute atomic E-state index is 11.4. The Hall–Kier alpha value is -2.69. The van der Waals surface area contributed by atoms with Crippen molar-refractivity contribution in [3.8, 4) is 0 Å². The molecule has 1 heterocycles. The van der Waals surface area contributed by atoms with Gasteiger partial charge in [0.05, 0.1) is 0 Å². The van der Waals surface area contributed by atoms with Crippen LogP contribution in [0.25, 0.3) is 0 Å². The number of hydrogen-bond donors (Lipinski definition) is 6. The Morgan fingerprint density at radius 2 is 1.78 bits per heavy atom. The normalized spacial score (nSPS) is 17.9. The number of carboxylic acid groups (broad SMARTS) is 3. The van der Waals surface area contributed by atoms with Gasteiger partial charge in [0.2, 0.25) is 11.8 Å². The van der Waals surface area contributed by atoms with Crippen LogP contribution in [0.1, 0.15) is 46.0 Å². The quantitative estimate of drug-likeness (QED) is 0.291. The second-order valence-electron chi connectivity index (χ2n) is 6.57. The highest BCUT2D eigenvalue weighted by atomic mass is 16.4. The van der Waals surface area contributed by atoms with Crippen molar-refractivity contribution in [2.45, 2.75) is 64.1 Å². The molecule has 0 spiro atoms. The zero-order valence-corrected chi connectivity index (χ0v) is 15.3. The number of rotatable bonds is 9. The van der Waals surface area contributed by atoms with E-state index in [9.17, 15) is 24.0 Å². The van der Waals surface area contributed by atoms with Crippen LogP contribution in [0, 0.1) is 5.92 Å². The molecule has 1 aliphatic rings. The average Bonchev–Trinajstić information content (AvgIpc) is 2.98.